The lowest BCUT2D eigenvalue weighted by Crippen LogP contribution is -2.08. The monoisotopic (exact) mass is 223 g/mol. The summed E-state index contributed by atoms with van der Waals surface area (Å²) in [6.07, 6.45) is 2.75. The Bertz CT molecular complexity index is 433. The van der Waals surface area contributed by atoms with Crippen LogP contribution in [0.4, 0.5) is 5.13 Å². The number of hydrogen-bond acceptors (Lipinski definition) is 5. The van der Waals surface area contributed by atoms with E-state index in [1.165, 1.54) is 17.2 Å². The quantitative estimate of drug-likeness (QED) is 0.847. The third-order valence-electron chi connectivity index (χ3n) is 2.11. The van der Waals surface area contributed by atoms with Crippen molar-refractivity contribution in [2.45, 2.75) is 13.3 Å². The van der Waals surface area contributed by atoms with Gasteiger partial charge in [0.2, 0.25) is 5.13 Å². The van der Waals surface area contributed by atoms with E-state index in [0.717, 1.165) is 23.9 Å². The van der Waals surface area contributed by atoms with Crippen LogP contribution in [0.5, 0.6) is 0 Å². The standard InChI is InChI=1S/C9H13N5S/c1-7-12-9(15-13-7)10-5-3-8-4-6-11-14(8)2/h4,6H,3,5H2,1-2H3,(H,10,12,13). The Morgan fingerprint density at radius 2 is 2.40 bits per heavy atom. The van der Waals surface area contributed by atoms with Gasteiger partial charge in [0.05, 0.1) is 0 Å². The lowest BCUT2D eigenvalue weighted by molar-refractivity contribution is 0.711. The number of anilines is 1. The van der Waals surface area contributed by atoms with Gasteiger partial charge in [0.1, 0.15) is 5.82 Å². The highest BCUT2D eigenvalue weighted by molar-refractivity contribution is 7.09. The highest BCUT2D eigenvalue weighted by Gasteiger charge is 2.00. The Morgan fingerprint density at radius 1 is 1.53 bits per heavy atom. The van der Waals surface area contributed by atoms with Gasteiger partial charge in [-0.2, -0.15) is 9.47 Å². The van der Waals surface area contributed by atoms with Crippen molar-refractivity contribution in [2.75, 3.05) is 11.9 Å². The molecular formula is C9H13N5S. The van der Waals surface area contributed by atoms with Crippen LogP contribution in [0.15, 0.2) is 12.3 Å². The van der Waals surface area contributed by atoms with E-state index in [4.69, 9.17) is 0 Å². The molecule has 0 aliphatic carbocycles. The number of aromatic nitrogens is 4. The maximum Gasteiger partial charge on any atom is 0.202 e. The summed E-state index contributed by atoms with van der Waals surface area (Å²) in [5, 5.41) is 8.23. The SMILES string of the molecule is Cc1nsc(NCCc2ccnn2C)n1. The van der Waals surface area contributed by atoms with E-state index in [-0.39, 0.29) is 0 Å². The molecule has 0 aliphatic rings. The molecule has 0 spiro atoms. The maximum absolute atomic E-state index is 4.23. The zero-order valence-electron chi connectivity index (χ0n) is 8.77. The number of nitrogens with one attached hydrogen (secondary N) is 1. The zero-order chi connectivity index (χ0) is 10.7. The molecule has 2 aromatic heterocycles. The van der Waals surface area contributed by atoms with Crippen LogP contribution in [0.25, 0.3) is 0 Å². The molecule has 0 radical (unpaired) electrons. The van der Waals surface area contributed by atoms with Gasteiger partial charge in [0.15, 0.2) is 0 Å². The second-order valence-corrected chi connectivity index (χ2v) is 4.02. The van der Waals surface area contributed by atoms with Crippen LogP contribution in [0, 0.1) is 6.92 Å². The molecule has 0 amide bonds. The van der Waals surface area contributed by atoms with Crippen LogP contribution in [-0.4, -0.2) is 25.7 Å². The molecule has 0 aliphatic heterocycles. The molecule has 0 saturated carbocycles. The zero-order valence-corrected chi connectivity index (χ0v) is 9.58. The topological polar surface area (TPSA) is 55.6 Å². The number of aryl methyl sites for hydroxylation is 2. The summed E-state index contributed by atoms with van der Waals surface area (Å²) in [7, 11) is 1.95. The molecule has 0 saturated heterocycles. The van der Waals surface area contributed by atoms with Gasteiger partial charge in [-0.25, -0.2) is 4.98 Å². The fourth-order valence-corrected chi connectivity index (χ4v) is 1.91. The second kappa shape index (κ2) is 4.39. The lowest BCUT2D eigenvalue weighted by atomic mass is 10.3. The molecule has 80 valence electrons. The van der Waals surface area contributed by atoms with Gasteiger partial charge in [0, 0.05) is 43.4 Å². The van der Waals surface area contributed by atoms with Crippen molar-refractivity contribution in [2.24, 2.45) is 7.05 Å². The minimum Gasteiger partial charge on any atom is -0.360 e. The van der Waals surface area contributed by atoms with Crippen molar-refractivity contribution in [3.63, 3.8) is 0 Å². The van der Waals surface area contributed by atoms with E-state index < -0.39 is 0 Å². The Hall–Kier alpha value is -1.43. The predicted octanol–water partition coefficient (Wildman–Crippen LogP) is 1.23. The third-order valence-corrected chi connectivity index (χ3v) is 2.87. The molecule has 2 heterocycles. The lowest BCUT2D eigenvalue weighted by Gasteiger charge is -2.02. The third kappa shape index (κ3) is 2.53. The number of hydrogen-bond donors (Lipinski definition) is 1. The smallest absolute Gasteiger partial charge is 0.202 e. The fraction of sp³-hybridized carbons (Fsp3) is 0.444. The molecule has 0 bridgehead atoms. The number of rotatable bonds is 4. The minimum atomic E-state index is 0.822. The van der Waals surface area contributed by atoms with Crippen molar-refractivity contribution >= 4 is 16.7 Å². The van der Waals surface area contributed by atoms with Crippen LogP contribution in [0.1, 0.15) is 11.5 Å². The van der Waals surface area contributed by atoms with E-state index >= 15 is 0 Å². The van der Waals surface area contributed by atoms with Crippen molar-refractivity contribution in [1.82, 2.24) is 19.1 Å². The molecule has 0 aromatic carbocycles. The van der Waals surface area contributed by atoms with Gasteiger partial charge < -0.3 is 5.32 Å². The van der Waals surface area contributed by atoms with E-state index in [9.17, 15) is 0 Å². The number of nitrogens with zero attached hydrogens (tertiary/aromatic N) is 4. The van der Waals surface area contributed by atoms with Crippen LogP contribution >= 0.6 is 11.5 Å². The summed E-state index contributed by atoms with van der Waals surface area (Å²) >= 11 is 1.40. The molecule has 2 aromatic rings. The van der Waals surface area contributed by atoms with E-state index in [0.29, 0.717) is 0 Å². The first-order chi connectivity index (χ1) is 7.25. The van der Waals surface area contributed by atoms with Gasteiger partial charge in [-0.3, -0.25) is 4.68 Å². The van der Waals surface area contributed by atoms with E-state index in [1.54, 1.807) is 0 Å². The average Bonchev–Trinajstić information content (AvgIpc) is 2.77. The first kappa shape index (κ1) is 10.1. The molecular weight excluding hydrogens is 210 g/mol. The van der Waals surface area contributed by atoms with Crippen LogP contribution in [-0.2, 0) is 13.5 Å². The molecule has 15 heavy (non-hydrogen) atoms. The molecule has 6 heteroatoms. The molecule has 1 N–H and O–H groups in total. The Morgan fingerprint density at radius 3 is 3.00 bits per heavy atom. The van der Waals surface area contributed by atoms with Gasteiger partial charge in [0.25, 0.3) is 0 Å². The van der Waals surface area contributed by atoms with Crippen molar-refractivity contribution in [1.29, 1.82) is 0 Å². The molecule has 0 atom stereocenters. The first-order valence-electron chi connectivity index (χ1n) is 4.77. The van der Waals surface area contributed by atoms with Gasteiger partial charge in [-0.1, -0.05) is 0 Å². The summed E-state index contributed by atoms with van der Waals surface area (Å²) < 4.78 is 5.98. The van der Waals surface area contributed by atoms with Crippen molar-refractivity contribution in [3.05, 3.63) is 23.8 Å². The van der Waals surface area contributed by atoms with Gasteiger partial charge in [-0.15, -0.1) is 0 Å². The maximum atomic E-state index is 4.23. The van der Waals surface area contributed by atoms with Crippen molar-refractivity contribution < 1.29 is 0 Å². The Labute approximate surface area is 92.3 Å². The average molecular weight is 223 g/mol. The first-order valence-corrected chi connectivity index (χ1v) is 5.54. The summed E-state index contributed by atoms with van der Waals surface area (Å²) in [5.74, 6) is 0.822. The second-order valence-electron chi connectivity index (χ2n) is 3.27. The highest BCUT2D eigenvalue weighted by atomic mass is 32.1. The normalized spacial score (nSPS) is 10.5. The van der Waals surface area contributed by atoms with E-state index in [2.05, 4.69) is 19.8 Å². The highest BCUT2D eigenvalue weighted by Crippen LogP contribution is 2.09. The summed E-state index contributed by atoms with van der Waals surface area (Å²) in [5.41, 5.74) is 1.21. The molecule has 0 unspecified atom stereocenters. The van der Waals surface area contributed by atoms with Crippen molar-refractivity contribution in [3.8, 4) is 0 Å². The Kier molecular flexibility index (Phi) is 2.96. The minimum absolute atomic E-state index is 0.822. The van der Waals surface area contributed by atoms with E-state index in [1.807, 2.05) is 30.9 Å². The van der Waals surface area contributed by atoms with Gasteiger partial charge in [-0.05, 0) is 13.0 Å². The molecule has 5 nitrogen and oxygen atoms in total. The largest absolute Gasteiger partial charge is 0.360 e. The summed E-state index contributed by atoms with van der Waals surface area (Å²) in [4.78, 5) is 4.23. The molecule has 0 fully saturated rings. The van der Waals surface area contributed by atoms with Crippen LogP contribution < -0.4 is 5.32 Å². The molecule has 2 rings (SSSR count). The summed E-state index contributed by atoms with van der Waals surface area (Å²) in [6.45, 7) is 2.75. The fourth-order valence-electron chi connectivity index (χ4n) is 1.31. The summed E-state index contributed by atoms with van der Waals surface area (Å²) in [6, 6.07) is 2.02. The van der Waals surface area contributed by atoms with Gasteiger partial charge >= 0.3 is 0 Å². The van der Waals surface area contributed by atoms with Crippen LogP contribution in [0.3, 0.4) is 0 Å². The predicted molar refractivity (Wildman–Crippen MR) is 60.0 cm³/mol. The Balaban J connectivity index is 1.83. The van der Waals surface area contributed by atoms with Crippen LogP contribution in [0.2, 0.25) is 0 Å².